The van der Waals surface area contributed by atoms with E-state index in [1.807, 2.05) is 52.8 Å². The molecule has 1 heterocycles. The van der Waals surface area contributed by atoms with Crippen molar-refractivity contribution >= 4 is 13.8 Å². The Morgan fingerprint density at radius 1 is 1.41 bits per heavy atom. The zero-order chi connectivity index (χ0) is 22.2. The average Bonchev–Trinajstić information content (AvgIpc) is 2.89. The van der Waals surface area contributed by atoms with E-state index in [1.165, 1.54) is 0 Å². The monoisotopic (exact) mass is 405 g/mol. The van der Waals surface area contributed by atoms with Crippen LogP contribution in [0.25, 0.3) is 0 Å². The van der Waals surface area contributed by atoms with Gasteiger partial charge < -0.3 is 24.5 Å². The van der Waals surface area contributed by atoms with Gasteiger partial charge in [-0.05, 0) is 59.5 Å². The fourth-order valence-electron chi connectivity index (χ4n) is 2.30. The number of nitrogens with zero attached hydrogens (tertiary/aromatic N) is 1. The normalized spacial score (nSPS) is 21.2. The average molecular weight is 405 g/mol. The van der Waals surface area contributed by atoms with E-state index in [-0.39, 0.29) is 24.5 Å². The van der Waals surface area contributed by atoms with Gasteiger partial charge in [-0.1, -0.05) is 24.8 Å². The van der Waals surface area contributed by atoms with Gasteiger partial charge in [0.05, 0.1) is 17.3 Å². The lowest BCUT2D eigenvalue weighted by Gasteiger charge is -2.21. The van der Waals surface area contributed by atoms with Crippen LogP contribution in [-0.2, 0) is 14.0 Å². The molecule has 162 valence electrons. The maximum Gasteiger partial charge on any atom is 0.494 e. The summed E-state index contributed by atoms with van der Waals surface area (Å²) in [7, 11) is -0.439. The molecule has 3 N–H and O–H groups in total. The summed E-state index contributed by atoms with van der Waals surface area (Å²) < 4.78 is 17.2. The van der Waals surface area contributed by atoms with Crippen LogP contribution in [0.3, 0.4) is 0 Å². The molecule has 2 atom stereocenters. The van der Waals surface area contributed by atoms with Gasteiger partial charge in [-0.2, -0.15) is 5.10 Å². The Kier molecular flexibility index (Phi) is 9.20. The summed E-state index contributed by atoms with van der Waals surface area (Å²) in [5.41, 5.74) is 3.39. The number of ether oxygens (including phenoxy) is 1. The second-order valence-electron chi connectivity index (χ2n) is 8.42. The van der Waals surface area contributed by atoms with E-state index in [9.17, 15) is 5.11 Å². The number of aliphatic hydroxyl groups is 1. The van der Waals surface area contributed by atoms with Gasteiger partial charge in [-0.3, -0.25) is 5.43 Å². The smallest absolute Gasteiger partial charge is 0.494 e. The molecule has 1 rings (SSSR count). The van der Waals surface area contributed by atoms with E-state index in [1.54, 1.807) is 20.0 Å². The Hall–Kier alpha value is -2.03. The predicted molar refractivity (Wildman–Crippen MR) is 119 cm³/mol. The maximum atomic E-state index is 9.73. The summed E-state index contributed by atoms with van der Waals surface area (Å²) in [6.45, 7) is 20.9. The highest BCUT2D eigenvalue weighted by Crippen LogP contribution is 2.29. The molecule has 2 unspecified atom stereocenters. The molecule has 0 amide bonds. The lowest BCUT2D eigenvalue weighted by molar-refractivity contribution is 0.00305. The van der Waals surface area contributed by atoms with E-state index in [4.69, 9.17) is 14.0 Å². The highest BCUT2D eigenvalue weighted by Gasteiger charge is 2.43. The van der Waals surface area contributed by atoms with E-state index in [2.05, 4.69) is 29.1 Å². The molecule has 0 aromatic heterocycles. The fraction of sp³-hybridized carbons (Fsp3) is 0.571. The SMILES string of the molecule is C=NNC(N/C=C(\C)OCC(C)(C)O)/C(C)=C/C=C\C(=C)B1OC(C)C(C)(C)O1. The summed E-state index contributed by atoms with van der Waals surface area (Å²) in [5.74, 6) is 0.645. The summed E-state index contributed by atoms with van der Waals surface area (Å²) in [4.78, 5) is 0. The first-order valence-corrected chi connectivity index (χ1v) is 9.72. The predicted octanol–water partition coefficient (Wildman–Crippen LogP) is 3.06. The number of nitrogens with one attached hydrogen (secondary N) is 2. The molecule has 1 saturated heterocycles. The zero-order valence-corrected chi connectivity index (χ0v) is 18.8. The van der Waals surface area contributed by atoms with E-state index in [0.29, 0.717) is 5.76 Å². The summed E-state index contributed by atoms with van der Waals surface area (Å²) in [6.07, 6.45) is 7.14. The lowest BCUT2D eigenvalue weighted by atomic mass is 9.79. The first kappa shape index (κ1) is 25.0. The molecular formula is C21H36BN3O4. The molecule has 1 fully saturated rings. The van der Waals surface area contributed by atoms with Gasteiger partial charge >= 0.3 is 7.12 Å². The molecule has 1 aliphatic heterocycles. The molecule has 1 aliphatic rings. The minimum absolute atomic E-state index is 0.0000263. The van der Waals surface area contributed by atoms with Crippen molar-refractivity contribution in [2.24, 2.45) is 5.10 Å². The van der Waals surface area contributed by atoms with E-state index in [0.717, 1.165) is 11.0 Å². The van der Waals surface area contributed by atoms with Crippen molar-refractivity contribution < 1.29 is 19.2 Å². The summed E-state index contributed by atoms with van der Waals surface area (Å²) in [5, 5.41) is 16.7. The molecule has 0 aromatic rings. The van der Waals surface area contributed by atoms with E-state index < -0.39 is 12.7 Å². The Morgan fingerprint density at radius 2 is 2.07 bits per heavy atom. The third-order valence-electron chi connectivity index (χ3n) is 4.47. The third kappa shape index (κ3) is 8.89. The van der Waals surface area contributed by atoms with Crippen molar-refractivity contribution in [3.05, 3.63) is 47.8 Å². The van der Waals surface area contributed by atoms with Crippen LogP contribution in [0.1, 0.15) is 48.5 Å². The molecule has 29 heavy (non-hydrogen) atoms. The number of allylic oxidation sites excluding steroid dienone is 5. The standard InChI is InChI=1S/C21H36BN3O4/c1-15(11-10-12-16(2)22-28-18(4)21(7,8)29-22)19(25-23-9)24-13-17(3)27-14-20(5,6)26/h10-13,18-19,24-26H,2,9,14H2,1,3-8H3/b12-10-,15-11+,17-13+. The first-order chi connectivity index (χ1) is 13.4. The third-order valence-corrected chi connectivity index (χ3v) is 4.47. The Morgan fingerprint density at radius 3 is 2.59 bits per heavy atom. The van der Waals surface area contributed by atoms with Gasteiger partial charge in [-0.25, -0.2) is 0 Å². The fourth-order valence-corrected chi connectivity index (χ4v) is 2.30. The molecule has 0 saturated carbocycles. The van der Waals surface area contributed by atoms with Gasteiger partial charge in [-0.15, -0.1) is 0 Å². The number of rotatable bonds is 11. The van der Waals surface area contributed by atoms with Crippen LogP contribution in [0, 0.1) is 0 Å². The van der Waals surface area contributed by atoms with Crippen molar-refractivity contribution in [2.45, 2.75) is 71.9 Å². The van der Waals surface area contributed by atoms with Gasteiger partial charge in [0.2, 0.25) is 0 Å². The van der Waals surface area contributed by atoms with Crippen LogP contribution in [0.15, 0.2) is 52.9 Å². The van der Waals surface area contributed by atoms with Crippen LogP contribution >= 0.6 is 0 Å². The maximum absolute atomic E-state index is 9.73. The molecule has 0 spiro atoms. The molecule has 0 bridgehead atoms. The first-order valence-electron chi connectivity index (χ1n) is 9.72. The number of hydrogen-bond acceptors (Lipinski definition) is 7. The van der Waals surface area contributed by atoms with Gasteiger partial charge in [0.25, 0.3) is 0 Å². The zero-order valence-electron chi connectivity index (χ0n) is 18.8. The Balaban J connectivity index is 2.67. The molecule has 7 nitrogen and oxygen atoms in total. The molecule has 0 radical (unpaired) electrons. The second kappa shape index (κ2) is 10.7. The van der Waals surface area contributed by atoms with Crippen molar-refractivity contribution in [3.8, 4) is 0 Å². The molecule has 0 aromatic carbocycles. The topological polar surface area (TPSA) is 84.3 Å². The van der Waals surface area contributed by atoms with Crippen molar-refractivity contribution in [1.29, 1.82) is 0 Å². The van der Waals surface area contributed by atoms with Crippen LogP contribution < -0.4 is 10.7 Å². The van der Waals surface area contributed by atoms with Crippen LogP contribution in [0.2, 0.25) is 0 Å². The Bertz CT molecular complexity index is 665. The number of hydrazone groups is 1. The summed E-state index contributed by atoms with van der Waals surface area (Å²) >= 11 is 0. The van der Waals surface area contributed by atoms with Crippen molar-refractivity contribution in [2.75, 3.05) is 6.61 Å². The van der Waals surface area contributed by atoms with Crippen molar-refractivity contribution in [1.82, 2.24) is 10.7 Å². The van der Waals surface area contributed by atoms with Crippen LogP contribution in [0.5, 0.6) is 0 Å². The highest BCUT2D eigenvalue weighted by molar-refractivity contribution is 6.55. The number of hydrogen-bond donors (Lipinski definition) is 3. The quantitative estimate of drug-likeness (QED) is 0.122. The molecular weight excluding hydrogens is 369 g/mol. The van der Waals surface area contributed by atoms with Crippen LogP contribution in [-0.4, -0.2) is 49.0 Å². The lowest BCUT2D eigenvalue weighted by Crippen LogP contribution is -2.37. The van der Waals surface area contributed by atoms with Crippen LogP contribution in [0.4, 0.5) is 0 Å². The van der Waals surface area contributed by atoms with Crippen molar-refractivity contribution in [3.63, 3.8) is 0 Å². The minimum atomic E-state index is -0.891. The minimum Gasteiger partial charge on any atom is -0.494 e. The van der Waals surface area contributed by atoms with E-state index >= 15 is 0 Å². The highest BCUT2D eigenvalue weighted by atomic mass is 16.7. The van der Waals surface area contributed by atoms with Gasteiger partial charge in [0.15, 0.2) is 0 Å². The molecule has 8 heteroatoms. The molecule has 0 aliphatic carbocycles. The largest absolute Gasteiger partial charge is 0.494 e. The van der Waals surface area contributed by atoms with Gasteiger partial charge in [0, 0.05) is 12.9 Å². The second-order valence-corrected chi connectivity index (χ2v) is 8.42. The Labute approximate surface area is 175 Å². The summed E-state index contributed by atoms with van der Waals surface area (Å²) in [6, 6.07) is 0. The van der Waals surface area contributed by atoms with Gasteiger partial charge in [0.1, 0.15) is 18.5 Å².